The van der Waals surface area contributed by atoms with E-state index in [1.165, 1.54) is 19.2 Å². The first-order chi connectivity index (χ1) is 7.61. The molecule has 2 aromatic rings. The van der Waals surface area contributed by atoms with E-state index in [1.807, 2.05) is 0 Å². The lowest BCUT2D eigenvalue weighted by Gasteiger charge is -2.08. The van der Waals surface area contributed by atoms with E-state index in [4.69, 9.17) is 10.5 Å². The molecule has 1 heterocycles. The standard InChI is InChI=1S/C10H10FN3O2/c1-16-8-3-5(11)2-7(15)10(8)6-4-9(12)14-13-6/h2-4,15H,1H3,(H3,12,13,14). The molecule has 0 bridgehead atoms. The Hall–Kier alpha value is -2.24. The van der Waals surface area contributed by atoms with E-state index in [0.717, 1.165) is 6.07 Å². The predicted octanol–water partition coefficient (Wildman–Crippen LogP) is 1.51. The number of H-pyrrole nitrogens is 1. The highest BCUT2D eigenvalue weighted by Crippen LogP contribution is 2.37. The molecule has 0 amide bonds. The number of nitrogens with two attached hydrogens (primary N) is 1. The molecule has 0 aliphatic rings. The molecule has 1 aromatic heterocycles. The fourth-order valence-electron chi connectivity index (χ4n) is 1.47. The van der Waals surface area contributed by atoms with Crippen molar-refractivity contribution in [1.82, 2.24) is 10.2 Å². The van der Waals surface area contributed by atoms with Crippen LogP contribution in [0.3, 0.4) is 0 Å². The summed E-state index contributed by atoms with van der Waals surface area (Å²) in [5.41, 5.74) is 6.24. The van der Waals surface area contributed by atoms with Gasteiger partial charge in [-0.2, -0.15) is 5.10 Å². The summed E-state index contributed by atoms with van der Waals surface area (Å²) in [7, 11) is 1.39. The number of aromatic hydroxyl groups is 1. The zero-order valence-electron chi connectivity index (χ0n) is 8.49. The molecule has 0 atom stereocenters. The van der Waals surface area contributed by atoms with Gasteiger partial charge in [0.05, 0.1) is 18.4 Å². The van der Waals surface area contributed by atoms with Gasteiger partial charge in [0.15, 0.2) is 0 Å². The summed E-state index contributed by atoms with van der Waals surface area (Å²) in [5.74, 6) is -0.326. The van der Waals surface area contributed by atoms with Crippen molar-refractivity contribution in [1.29, 1.82) is 0 Å². The molecule has 0 aliphatic heterocycles. The molecule has 0 saturated carbocycles. The van der Waals surface area contributed by atoms with E-state index in [9.17, 15) is 9.50 Å². The van der Waals surface area contributed by atoms with Crippen LogP contribution >= 0.6 is 0 Å². The lowest BCUT2D eigenvalue weighted by molar-refractivity contribution is 0.405. The zero-order chi connectivity index (χ0) is 11.7. The smallest absolute Gasteiger partial charge is 0.145 e. The van der Waals surface area contributed by atoms with Gasteiger partial charge in [-0.25, -0.2) is 4.39 Å². The maximum absolute atomic E-state index is 13.0. The molecule has 6 heteroatoms. The van der Waals surface area contributed by atoms with Crippen molar-refractivity contribution >= 4 is 5.82 Å². The molecular weight excluding hydrogens is 213 g/mol. The quantitative estimate of drug-likeness (QED) is 0.720. The van der Waals surface area contributed by atoms with Crippen LogP contribution in [-0.4, -0.2) is 22.4 Å². The Kier molecular flexibility index (Phi) is 2.40. The minimum absolute atomic E-state index is 0.209. The number of aromatic amines is 1. The number of nitrogens with one attached hydrogen (secondary N) is 1. The number of benzene rings is 1. The summed E-state index contributed by atoms with van der Waals surface area (Å²) in [4.78, 5) is 0. The monoisotopic (exact) mass is 223 g/mol. The molecule has 84 valence electrons. The second-order valence-electron chi connectivity index (χ2n) is 3.21. The van der Waals surface area contributed by atoms with Gasteiger partial charge < -0.3 is 15.6 Å². The number of hydrogen-bond donors (Lipinski definition) is 3. The average Bonchev–Trinajstić information content (AvgIpc) is 2.63. The minimum Gasteiger partial charge on any atom is -0.507 e. The van der Waals surface area contributed by atoms with Crippen LogP contribution in [0.2, 0.25) is 0 Å². The Morgan fingerprint density at radius 3 is 2.75 bits per heavy atom. The summed E-state index contributed by atoms with van der Waals surface area (Å²) in [6.07, 6.45) is 0. The lowest BCUT2D eigenvalue weighted by atomic mass is 10.1. The Balaban J connectivity index is 2.63. The first kappa shape index (κ1) is 10.3. The molecule has 0 saturated heterocycles. The molecule has 0 spiro atoms. The number of anilines is 1. The van der Waals surface area contributed by atoms with Crippen LogP contribution in [0, 0.1) is 5.82 Å². The number of nitrogen functional groups attached to an aromatic ring is 1. The van der Waals surface area contributed by atoms with E-state index in [-0.39, 0.29) is 17.3 Å². The van der Waals surface area contributed by atoms with Gasteiger partial charge in [-0.1, -0.05) is 0 Å². The van der Waals surface area contributed by atoms with Gasteiger partial charge in [0, 0.05) is 18.2 Å². The number of hydrogen-bond acceptors (Lipinski definition) is 4. The third-order valence-electron chi connectivity index (χ3n) is 2.13. The molecule has 5 nitrogen and oxygen atoms in total. The number of phenols is 1. The summed E-state index contributed by atoms with van der Waals surface area (Å²) in [6, 6.07) is 3.69. The Bertz CT molecular complexity index is 525. The summed E-state index contributed by atoms with van der Waals surface area (Å²) in [5, 5.41) is 16.0. The highest BCUT2D eigenvalue weighted by molar-refractivity contribution is 5.75. The van der Waals surface area contributed by atoms with Crippen LogP contribution in [0.15, 0.2) is 18.2 Å². The van der Waals surface area contributed by atoms with Gasteiger partial charge in [0.1, 0.15) is 23.1 Å². The Morgan fingerprint density at radius 2 is 2.19 bits per heavy atom. The molecule has 0 unspecified atom stereocenters. The highest BCUT2D eigenvalue weighted by Gasteiger charge is 2.15. The van der Waals surface area contributed by atoms with Crippen molar-refractivity contribution in [3.63, 3.8) is 0 Å². The number of methoxy groups -OCH3 is 1. The molecule has 0 radical (unpaired) electrons. The van der Waals surface area contributed by atoms with Gasteiger partial charge >= 0.3 is 0 Å². The van der Waals surface area contributed by atoms with Crippen molar-refractivity contribution in [2.75, 3.05) is 12.8 Å². The summed E-state index contributed by atoms with van der Waals surface area (Å²) in [6.45, 7) is 0. The topological polar surface area (TPSA) is 84.2 Å². The maximum atomic E-state index is 13.0. The number of nitrogens with zero attached hydrogens (tertiary/aromatic N) is 1. The SMILES string of the molecule is COc1cc(F)cc(O)c1-c1cc(N)n[nH]1. The second kappa shape index (κ2) is 3.73. The third kappa shape index (κ3) is 1.65. The van der Waals surface area contributed by atoms with Crippen molar-refractivity contribution < 1.29 is 14.2 Å². The average molecular weight is 223 g/mol. The van der Waals surface area contributed by atoms with Crippen molar-refractivity contribution in [3.8, 4) is 22.8 Å². The number of ether oxygens (including phenoxy) is 1. The van der Waals surface area contributed by atoms with E-state index >= 15 is 0 Å². The van der Waals surface area contributed by atoms with E-state index in [1.54, 1.807) is 0 Å². The lowest BCUT2D eigenvalue weighted by Crippen LogP contribution is -1.90. The van der Waals surface area contributed by atoms with Crippen LogP contribution < -0.4 is 10.5 Å². The molecule has 2 rings (SSSR count). The minimum atomic E-state index is -0.578. The number of halogens is 1. The fourth-order valence-corrected chi connectivity index (χ4v) is 1.47. The first-order valence-corrected chi connectivity index (χ1v) is 4.49. The Labute approximate surface area is 90.7 Å². The molecule has 0 fully saturated rings. The second-order valence-corrected chi connectivity index (χ2v) is 3.21. The van der Waals surface area contributed by atoms with Crippen LogP contribution in [0.25, 0.3) is 11.3 Å². The normalized spacial score (nSPS) is 10.4. The third-order valence-corrected chi connectivity index (χ3v) is 2.13. The van der Waals surface area contributed by atoms with Gasteiger partial charge in [-0.05, 0) is 0 Å². The van der Waals surface area contributed by atoms with Crippen LogP contribution in [0.4, 0.5) is 10.2 Å². The van der Waals surface area contributed by atoms with Crippen LogP contribution in [0.5, 0.6) is 11.5 Å². The zero-order valence-corrected chi connectivity index (χ0v) is 8.49. The molecule has 4 N–H and O–H groups in total. The molecule has 1 aromatic carbocycles. The first-order valence-electron chi connectivity index (χ1n) is 4.49. The van der Waals surface area contributed by atoms with Crippen molar-refractivity contribution in [2.24, 2.45) is 0 Å². The summed E-state index contributed by atoms with van der Waals surface area (Å²) < 4.78 is 18.0. The largest absolute Gasteiger partial charge is 0.507 e. The van der Waals surface area contributed by atoms with Crippen LogP contribution in [0.1, 0.15) is 0 Å². The van der Waals surface area contributed by atoms with Gasteiger partial charge in [0.25, 0.3) is 0 Å². The molecule has 16 heavy (non-hydrogen) atoms. The fraction of sp³-hybridized carbons (Fsp3) is 0.100. The van der Waals surface area contributed by atoms with Gasteiger partial charge in [-0.15, -0.1) is 0 Å². The predicted molar refractivity (Wildman–Crippen MR) is 56.6 cm³/mol. The van der Waals surface area contributed by atoms with E-state index in [0.29, 0.717) is 11.3 Å². The number of rotatable bonds is 2. The van der Waals surface area contributed by atoms with Crippen LogP contribution in [-0.2, 0) is 0 Å². The molecule has 0 aliphatic carbocycles. The Morgan fingerprint density at radius 1 is 1.44 bits per heavy atom. The van der Waals surface area contributed by atoms with E-state index in [2.05, 4.69) is 10.2 Å². The van der Waals surface area contributed by atoms with Crippen molar-refractivity contribution in [3.05, 3.63) is 24.0 Å². The summed E-state index contributed by atoms with van der Waals surface area (Å²) >= 11 is 0. The maximum Gasteiger partial charge on any atom is 0.145 e. The van der Waals surface area contributed by atoms with Crippen molar-refractivity contribution in [2.45, 2.75) is 0 Å². The van der Waals surface area contributed by atoms with E-state index < -0.39 is 5.82 Å². The number of phenolic OH excluding ortho intramolecular Hbond substituents is 1. The number of aromatic nitrogens is 2. The van der Waals surface area contributed by atoms with Gasteiger partial charge in [0.2, 0.25) is 0 Å². The molecular formula is C10H10FN3O2. The van der Waals surface area contributed by atoms with Gasteiger partial charge in [-0.3, -0.25) is 5.10 Å². The highest BCUT2D eigenvalue weighted by atomic mass is 19.1.